The number of allylic oxidation sites excluding steroid dienone is 3. The number of nitrogens with one attached hydrogen (secondary N) is 1. The average Bonchev–Trinajstić information content (AvgIpc) is 3.24. The first-order valence-electron chi connectivity index (χ1n) is 17.8. The number of aldehydes is 2. The summed E-state index contributed by atoms with van der Waals surface area (Å²) in [6.07, 6.45) is 15.5. The van der Waals surface area contributed by atoms with Gasteiger partial charge in [-0.25, -0.2) is 8.78 Å². The van der Waals surface area contributed by atoms with E-state index in [0.29, 0.717) is 28.6 Å². The van der Waals surface area contributed by atoms with Gasteiger partial charge in [0.05, 0.1) is 0 Å². The highest BCUT2D eigenvalue weighted by Crippen LogP contribution is 2.20. The third-order valence-electron chi connectivity index (χ3n) is 7.85. The molecule has 296 valence electrons. The maximum Gasteiger partial charge on any atom is 0.488 e. The fourth-order valence-corrected chi connectivity index (χ4v) is 4.95. The second-order valence-corrected chi connectivity index (χ2v) is 12.1. The minimum Gasteiger partial charge on any atom is -0.423 e. The number of aromatic amines is 1. The van der Waals surface area contributed by atoms with Gasteiger partial charge in [-0.1, -0.05) is 72.9 Å². The molecule has 10 nitrogen and oxygen atoms in total. The largest absolute Gasteiger partial charge is 0.488 e. The molecule has 0 fully saturated rings. The first-order valence-corrected chi connectivity index (χ1v) is 17.8. The molecule has 13 heteroatoms. The number of halogens is 2. The van der Waals surface area contributed by atoms with Crippen LogP contribution >= 0.6 is 0 Å². The second-order valence-electron chi connectivity index (χ2n) is 12.1. The Bertz CT molecular complexity index is 2470. The lowest BCUT2D eigenvalue weighted by Crippen LogP contribution is -2.29. The zero-order valence-electron chi connectivity index (χ0n) is 32.0. The Morgan fingerprint density at radius 3 is 1.33 bits per heavy atom. The number of nitrogens with zero attached hydrogens (tertiary/aromatic N) is 2. The number of hydrogen-bond donors (Lipinski definition) is 3. The summed E-state index contributed by atoms with van der Waals surface area (Å²) in [6, 6.07) is 28.4. The molecule has 3 aromatic carbocycles. The third kappa shape index (κ3) is 14.5. The number of rotatable bonds is 9. The highest BCUT2D eigenvalue weighted by Gasteiger charge is 2.09. The van der Waals surface area contributed by atoms with E-state index in [1.54, 1.807) is 65.6 Å². The van der Waals surface area contributed by atoms with Gasteiger partial charge < -0.3 is 15.0 Å². The minimum absolute atomic E-state index is 0.0543. The molecule has 0 unspecified atom stereocenters. The Labute approximate surface area is 334 Å². The number of H-pyrrole nitrogens is 1. The molecule has 6 aromatic rings. The van der Waals surface area contributed by atoms with Crippen LogP contribution < -0.4 is 22.1 Å². The summed E-state index contributed by atoms with van der Waals surface area (Å²) in [5.74, 6) is 0. The lowest BCUT2D eigenvalue weighted by atomic mass is 9.80. The predicted molar refractivity (Wildman–Crippen MR) is 227 cm³/mol. The number of pyridine rings is 3. The molecule has 6 rings (SSSR count). The summed E-state index contributed by atoms with van der Waals surface area (Å²) >= 11 is 0. The first kappa shape index (κ1) is 45.3. The zero-order chi connectivity index (χ0) is 42.5. The van der Waals surface area contributed by atoms with Crippen molar-refractivity contribution in [1.82, 2.24) is 14.1 Å². The van der Waals surface area contributed by atoms with E-state index in [0.717, 1.165) is 28.7 Å². The van der Waals surface area contributed by atoms with Crippen LogP contribution in [0.15, 0.2) is 160 Å². The fraction of sp³-hybridized carbons (Fsp3) is 0.0889. The van der Waals surface area contributed by atoms with Gasteiger partial charge in [0.2, 0.25) is 5.56 Å². The normalized spacial score (nSPS) is 10.6. The Hall–Kier alpha value is -7.09. The van der Waals surface area contributed by atoms with E-state index in [9.17, 15) is 32.8 Å². The van der Waals surface area contributed by atoms with Gasteiger partial charge in [-0.2, -0.15) is 0 Å². The molecule has 0 saturated carbocycles. The molecule has 0 spiro atoms. The van der Waals surface area contributed by atoms with Crippen molar-refractivity contribution in [1.29, 1.82) is 0 Å². The molecule has 0 saturated heterocycles. The van der Waals surface area contributed by atoms with Crippen molar-refractivity contribution in [3.05, 3.63) is 210 Å². The fourth-order valence-electron chi connectivity index (χ4n) is 4.95. The molecular formula is C45H42BF2N3O7. The summed E-state index contributed by atoms with van der Waals surface area (Å²) < 4.78 is 27.9. The standard InChI is InChI=1S/C15H13F2NO.C15H13NO2.C8H9NO.C7H7BO3/c1-2-3-11-4-9-14(19)18(10-11)13-7-5-12(6-8-13)15(16)17;1-2-3-12-6-9-15(18)16(10-12)14-7-4-13(11-17)5-8-14;1-2-3-7-4-5-8(10)9-6-7;9-5-6-1-3-7(4-2-6)8(10)11/h2-10,15H,1H3;2-11H,1H3;2-6H,1H3,(H,9,10);1-5,10-11H/b3*3-2+;. The summed E-state index contributed by atoms with van der Waals surface area (Å²) in [7, 11) is -1.46. The van der Waals surface area contributed by atoms with Gasteiger partial charge in [0.1, 0.15) is 12.6 Å². The highest BCUT2D eigenvalue weighted by molar-refractivity contribution is 6.58. The van der Waals surface area contributed by atoms with E-state index >= 15 is 0 Å². The van der Waals surface area contributed by atoms with Crippen molar-refractivity contribution >= 4 is 43.4 Å². The molecule has 3 heterocycles. The number of benzene rings is 3. The van der Waals surface area contributed by atoms with Crippen molar-refractivity contribution in [2.45, 2.75) is 27.2 Å². The Morgan fingerprint density at radius 2 is 0.948 bits per heavy atom. The number of carbonyl (C=O) groups excluding carboxylic acids is 2. The lowest BCUT2D eigenvalue weighted by Gasteiger charge is -2.07. The number of alkyl halides is 2. The Morgan fingerprint density at radius 1 is 0.552 bits per heavy atom. The number of carbonyl (C=O) groups is 2. The number of aromatic nitrogens is 3. The average molecular weight is 786 g/mol. The second kappa shape index (κ2) is 23.7. The van der Waals surface area contributed by atoms with Crippen molar-refractivity contribution in [2.75, 3.05) is 0 Å². The highest BCUT2D eigenvalue weighted by atomic mass is 19.3. The molecule has 0 atom stereocenters. The maximum atomic E-state index is 12.5. The molecule has 3 N–H and O–H groups in total. The molecule has 0 aliphatic rings. The van der Waals surface area contributed by atoms with Crippen molar-refractivity contribution in [3.63, 3.8) is 0 Å². The van der Waals surface area contributed by atoms with Crippen molar-refractivity contribution in [3.8, 4) is 11.4 Å². The van der Waals surface area contributed by atoms with Gasteiger partial charge in [0, 0.05) is 64.9 Å². The molecule has 0 bridgehead atoms. The van der Waals surface area contributed by atoms with Gasteiger partial charge >= 0.3 is 7.12 Å². The van der Waals surface area contributed by atoms with Crippen molar-refractivity contribution in [2.24, 2.45) is 0 Å². The van der Waals surface area contributed by atoms with Crippen LogP contribution in [0.5, 0.6) is 0 Å². The van der Waals surface area contributed by atoms with Crippen LogP contribution in [0.4, 0.5) is 8.78 Å². The summed E-state index contributed by atoms with van der Waals surface area (Å²) in [4.78, 5) is 57.5. The summed E-state index contributed by atoms with van der Waals surface area (Å²) in [5, 5.41) is 17.3. The Kier molecular flexibility index (Phi) is 18.6. The van der Waals surface area contributed by atoms with Gasteiger partial charge in [-0.15, -0.1) is 0 Å². The quantitative estimate of drug-likeness (QED) is 0.105. The van der Waals surface area contributed by atoms with Crippen molar-refractivity contribution < 1.29 is 28.4 Å². The van der Waals surface area contributed by atoms with Gasteiger partial charge in [-0.05, 0) is 97.5 Å². The zero-order valence-corrected chi connectivity index (χ0v) is 32.0. The molecular weight excluding hydrogens is 743 g/mol. The van der Waals surface area contributed by atoms with Crippen LogP contribution in [-0.2, 0) is 0 Å². The molecule has 0 radical (unpaired) electrons. The van der Waals surface area contributed by atoms with Gasteiger partial charge in [0.25, 0.3) is 17.5 Å². The van der Waals surface area contributed by atoms with Gasteiger partial charge in [-0.3, -0.25) is 33.1 Å². The monoisotopic (exact) mass is 785 g/mol. The van der Waals surface area contributed by atoms with Crippen LogP contribution in [0.1, 0.15) is 70.2 Å². The smallest absolute Gasteiger partial charge is 0.423 e. The van der Waals surface area contributed by atoms with E-state index < -0.39 is 13.5 Å². The lowest BCUT2D eigenvalue weighted by molar-refractivity contribution is 0.111. The summed E-state index contributed by atoms with van der Waals surface area (Å²) in [6.45, 7) is 5.74. The molecule has 58 heavy (non-hydrogen) atoms. The first-order chi connectivity index (χ1) is 27.9. The van der Waals surface area contributed by atoms with Crippen LogP contribution in [0.3, 0.4) is 0 Å². The molecule has 0 amide bonds. The maximum absolute atomic E-state index is 12.5. The third-order valence-corrected chi connectivity index (χ3v) is 7.85. The van der Waals surface area contributed by atoms with E-state index in [1.165, 1.54) is 71.3 Å². The molecule has 0 aliphatic carbocycles. The van der Waals surface area contributed by atoms with E-state index in [-0.39, 0.29) is 22.2 Å². The van der Waals surface area contributed by atoms with Crippen LogP contribution in [0, 0.1) is 0 Å². The van der Waals surface area contributed by atoms with Gasteiger partial charge in [0.15, 0.2) is 0 Å². The van der Waals surface area contributed by atoms with Crippen LogP contribution in [0.2, 0.25) is 0 Å². The predicted octanol–water partition coefficient (Wildman–Crippen LogP) is 7.08. The number of hydrogen-bond acceptors (Lipinski definition) is 7. The van der Waals surface area contributed by atoms with E-state index in [2.05, 4.69) is 4.98 Å². The summed E-state index contributed by atoms with van der Waals surface area (Å²) in [5.41, 5.74) is 5.26. The minimum atomic E-state index is -2.50. The SMILES string of the molecule is C/C=C/c1ccc(=O)[nH]c1.C/C=C/c1ccc(=O)n(-c2ccc(C(F)F)cc2)c1.C/C=C/c1ccc(=O)n(-c2ccc(C=O)cc2)c1.O=Cc1ccc(B(O)O)cc1. The molecule has 3 aromatic heterocycles. The van der Waals surface area contributed by atoms with E-state index in [1.807, 2.05) is 57.2 Å². The van der Waals surface area contributed by atoms with E-state index in [4.69, 9.17) is 10.0 Å². The van der Waals surface area contributed by atoms with Crippen LogP contribution in [-0.4, -0.2) is 43.9 Å². The Balaban J connectivity index is 0.000000215. The van der Waals surface area contributed by atoms with Crippen LogP contribution in [0.25, 0.3) is 29.6 Å². The molecule has 0 aliphatic heterocycles. The topological polar surface area (TPSA) is 151 Å².